The van der Waals surface area contributed by atoms with Crippen LogP contribution in [0.25, 0.3) is 11.3 Å². The van der Waals surface area contributed by atoms with E-state index < -0.39 is 15.9 Å². The van der Waals surface area contributed by atoms with E-state index in [9.17, 15) is 13.2 Å². The minimum absolute atomic E-state index is 0. The highest BCUT2D eigenvalue weighted by molar-refractivity contribution is 7.90. The zero-order valence-electron chi connectivity index (χ0n) is 22.5. The zero-order valence-corrected chi connectivity index (χ0v) is 23.3. The normalized spacial score (nSPS) is 16.4. The molecule has 3 N–H and O–H groups in total. The summed E-state index contributed by atoms with van der Waals surface area (Å²) < 4.78 is 33.6. The molecule has 4 rings (SSSR count). The molecular weight excluding hydrogens is 504 g/mol. The Morgan fingerprint density at radius 2 is 1.84 bits per heavy atom. The molecule has 1 aliphatic heterocycles. The van der Waals surface area contributed by atoms with E-state index in [0.717, 1.165) is 12.0 Å². The molecule has 0 unspecified atom stereocenters. The Kier molecular flexibility index (Phi) is 7.09. The minimum atomic E-state index is -4.26. The molecule has 1 saturated heterocycles. The predicted molar refractivity (Wildman–Crippen MR) is 148 cm³/mol. The summed E-state index contributed by atoms with van der Waals surface area (Å²) in [6.45, 7) is 13.0. The molecule has 0 aromatic carbocycles. The van der Waals surface area contributed by atoms with Gasteiger partial charge in [-0.2, -0.15) is 8.42 Å². The van der Waals surface area contributed by atoms with Gasteiger partial charge in [-0.1, -0.05) is 19.9 Å². The van der Waals surface area contributed by atoms with Crippen molar-refractivity contribution in [1.82, 2.24) is 19.7 Å². The van der Waals surface area contributed by atoms with Crippen LogP contribution >= 0.6 is 0 Å². The first-order valence-corrected chi connectivity index (χ1v) is 13.9. The second kappa shape index (κ2) is 9.86. The van der Waals surface area contributed by atoms with E-state index in [4.69, 9.17) is 15.5 Å². The van der Waals surface area contributed by atoms with Crippen LogP contribution in [0.15, 0.2) is 53.7 Å². The number of rotatable bonds is 7. The number of ether oxygens (including phenoxy) is 1. The molecule has 0 aliphatic carbocycles. The van der Waals surface area contributed by atoms with E-state index in [1.54, 1.807) is 24.4 Å². The molecular formula is C27H36N6O4S. The maximum absolute atomic E-state index is 13.4. The number of carbonyl (C=O) groups is 1. The first-order chi connectivity index (χ1) is 17.7. The number of nitrogens with two attached hydrogens (primary N) is 1. The molecule has 10 nitrogen and oxygen atoms in total. The fourth-order valence-corrected chi connectivity index (χ4v) is 5.91. The van der Waals surface area contributed by atoms with Gasteiger partial charge in [-0.25, -0.2) is 19.7 Å². The van der Waals surface area contributed by atoms with E-state index in [1.165, 1.54) is 18.2 Å². The Morgan fingerprint density at radius 3 is 2.42 bits per heavy atom. The lowest BCUT2D eigenvalue weighted by Gasteiger charge is -2.34. The molecule has 0 bridgehead atoms. The lowest BCUT2D eigenvalue weighted by atomic mass is 9.86. The fourth-order valence-electron chi connectivity index (χ4n) is 4.97. The smallest absolute Gasteiger partial charge is 0.281 e. The Hall–Kier alpha value is -3.73. The number of amides is 1. The van der Waals surface area contributed by atoms with E-state index >= 15 is 0 Å². The van der Waals surface area contributed by atoms with Crippen LogP contribution in [0.2, 0.25) is 0 Å². The Morgan fingerprint density at radius 1 is 1.11 bits per heavy atom. The average molecular weight is 541 g/mol. The highest BCUT2D eigenvalue weighted by atomic mass is 32.2. The Labute approximate surface area is 225 Å². The molecule has 3 aromatic rings. The summed E-state index contributed by atoms with van der Waals surface area (Å²) in [7, 11) is -4.26. The van der Waals surface area contributed by atoms with Gasteiger partial charge in [0.15, 0.2) is 5.03 Å². The third-order valence-corrected chi connectivity index (χ3v) is 7.47. The van der Waals surface area contributed by atoms with Gasteiger partial charge in [0, 0.05) is 31.3 Å². The summed E-state index contributed by atoms with van der Waals surface area (Å²) in [4.78, 5) is 28.6. The van der Waals surface area contributed by atoms with Gasteiger partial charge in [-0.3, -0.25) is 4.79 Å². The molecule has 0 saturated carbocycles. The molecule has 11 heteroatoms. The standard InChI is InChI=1S/C27H34N6O4S.H2/c1-17(2)37-22-13-10-18(14-29-22)20-12-11-19(24(30-20)33-16-26(3,4)15-27(33,5)6)25(34)32-38(35,36)23-9-7-8-21(28)31-23;/h7-14,17H,15-16H2,1-6H3,(H2,28,31)(H,32,34);1H. The van der Waals surface area contributed by atoms with Crippen molar-refractivity contribution in [3.63, 3.8) is 0 Å². The van der Waals surface area contributed by atoms with Crippen LogP contribution in [0.3, 0.4) is 0 Å². The molecule has 1 fully saturated rings. The van der Waals surface area contributed by atoms with Crippen LogP contribution < -0.4 is 20.1 Å². The van der Waals surface area contributed by atoms with Gasteiger partial charge in [0.25, 0.3) is 15.9 Å². The first-order valence-electron chi connectivity index (χ1n) is 12.4. The highest BCUT2D eigenvalue weighted by Gasteiger charge is 2.45. The number of nitrogens with zero attached hydrogens (tertiary/aromatic N) is 4. The second-order valence-corrected chi connectivity index (χ2v) is 12.8. The summed E-state index contributed by atoms with van der Waals surface area (Å²) >= 11 is 0. The number of aromatic nitrogens is 3. The number of anilines is 2. The van der Waals surface area contributed by atoms with Gasteiger partial charge < -0.3 is 15.4 Å². The van der Waals surface area contributed by atoms with Crippen molar-refractivity contribution in [3.05, 3.63) is 54.2 Å². The highest BCUT2D eigenvalue weighted by Crippen LogP contribution is 2.44. The number of pyridine rings is 3. The van der Waals surface area contributed by atoms with Gasteiger partial charge in [0.1, 0.15) is 11.6 Å². The van der Waals surface area contributed by atoms with Crippen LogP contribution in [0.1, 0.15) is 59.7 Å². The zero-order chi connectivity index (χ0) is 27.9. The monoisotopic (exact) mass is 540 g/mol. The fraction of sp³-hybridized carbons (Fsp3) is 0.407. The van der Waals surface area contributed by atoms with Crippen LogP contribution in [-0.2, 0) is 10.0 Å². The van der Waals surface area contributed by atoms with E-state index in [2.05, 4.69) is 47.3 Å². The first kappa shape index (κ1) is 27.3. The lowest BCUT2D eigenvalue weighted by molar-refractivity contribution is 0.0981. The molecule has 0 spiro atoms. The summed E-state index contributed by atoms with van der Waals surface area (Å²) in [5.41, 5.74) is 6.76. The summed E-state index contributed by atoms with van der Waals surface area (Å²) in [5, 5.41) is -0.339. The molecule has 38 heavy (non-hydrogen) atoms. The summed E-state index contributed by atoms with van der Waals surface area (Å²) in [6.07, 6.45) is 2.52. The molecule has 3 aromatic heterocycles. The molecule has 0 radical (unpaired) electrons. The number of sulfonamides is 1. The Balaban J connectivity index is 0.00000420. The minimum Gasteiger partial charge on any atom is -0.475 e. The van der Waals surface area contributed by atoms with Crippen molar-refractivity contribution in [2.24, 2.45) is 5.41 Å². The third-order valence-electron chi connectivity index (χ3n) is 6.24. The number of nitrogen functional groups attached to an aromatic ring is 1. The van der Waals surface area contributed by atoms with Crippen molar-refractivity contribution in [3.8, 4) is 17.1 Å². The lowest BCUT2D eigenvalue weighted by Crippen LogP contribution is -2.41. The van der Waals surface area contributed by atoms with Gasteiger partial charge >= 0.3 is 0 Å². The molecule has 0 atom stereocenters. The summed E-state index contributed by atoms with van der Waals surface area (Å²) in [5.74, 6) is 0.130. The molecule has 1 amide bonds. The number of hydrogen-bond acceptors (Lipinski definition) is 9. The van der Waals surface area contributed by atoms with Gasteiger partial charge in [0.2, 0.25) is 5.88 Å². The van der Waals surface area contributed by atoms with Crippen molar-refractivity contribution in [2.45, 2.75) is 64.6 Å². The van der Waals surface area contributed by atoms with Crippen molar-refractivity contribution in [1.29, 1.82) is 0 Å². The van der Waals surface area contributed by atoms with Crippen molar-refractivity contribution in [2.75, 3.05) is 17.2 Å². The van der Waals surface area contributed by atoms with Gasteiger partial charge in [-0.05, 0) is 69.9 Å². The van der Waals surface area contributed by atoms with Crippen molar-refractivity contribution < 1.29 is 19.4 Å². The van der Waals surface area contributed by atoms with E-state index in [1.807, 2.05) is 19.9 Å². The quantitative estimate of drug-likeness (QED) is 0.449. The Bertz CT molecular complexity index is 1460. The predicted octanol–water partition coefficient (Wildman–Crippen LogP) is 4.29. The second-order valence-electron chi connectivity index (χ2n) is 11.2. The molecule has 4 heterocycles. The van der Waals surface area contributed by atoms with Crippen molar-refractivity contribution >= 4 is 27.6 Å². The molecule has 204 valence electrons. The van der Waals surface area contributed by atoms with E-state index in [-0.39, 0.29) is 34.9 Å². The van der Waals surface area contributed by atoms with Crippen LogP contribution in [0.5, 0.6) is 5.88 Å². The number of nitrogens with one attached hydrogen (secondary N) is 1. The third kappa shape index (κ3) is 5.88. The maximum Gasteiger partial charge on any atom is 0.281 e. The largest absolute Gasteiger partial charge is 0.475 e. The maximum atomic E-state index is 13.4. The van der Waals surface area contributed by atoms with Gasteiger partial charge in [-0.15, -0.1) is 0 Å². The average Bonchev–Trinajstić information content (AvgIpc) is 3.05. The SMILES string of the molecule is CC(C)Oc1ccc(-c2ccc(C(=O)NS(=O)(=O)c3cccc(N)n3)c(N3CC(C)(C)CC3(C)C)n2)cn1.[HH]. The van der Waals surface area contributed by atoms with Gasteiger partial charge in [0.05, 0.1) is 17.4 Å². The number of hydrogen-bond donors (Lipinski definition) is 2. The topological polar surface area (TPSA) is 140 Å². The van der Waals surface area contributed by atoms with Crippen LogP contribution in [-0.4, -0.2) is 47.5 Å². The van der Waals surface area contributed by atoms with Crippen LogP contribution in [0.4, 0.5) is 11.6 Å². The summed E-state index contributed by atoms with van der Waals surface area (Å²) in [6, 6.07) is 11.1. The number of carbonyl (C=O) groups excluding carboxylic acids is 1. The van der Waals surface area contributed by atoms with Crippen LogP contribution in [0, 0.1) is 5.41 Å². The molecule has 1 aliphatic rings. The van der Waals surface area contributed by atoms with E-state index in [0.29, 0.717) is 23.9 Å².